The first-order chi connectivity index (χ1) is 27.8. The molecule has 0 atom stereocenters. The molecule has 12 rings (SSSR count). The van der Waals surface area contributed by atoms with E-state index in [0.29, 0.717) is 5.95 Å². The molecule has 0 N–H and O–H groups in total. The van der Waals surface area contributed by atoms with E-state index in [9.17, 15) is 0 Å². The highest BCUT2D eigenvalue weighted by Crippen LogP contribution is 2.40. The Morgan fingerprint density at radius 1 is 0.321 bits per heavy atom. The summed E-state index contributed by atoms with van der Waals surface area (Å²) in [5.41, 5.74) is 11.0. The highest BCUT2D eigenvalue weighted by Gasteiger charge is 2.20. The van der Waals surface area contributed by atoms with Gasteiger partial charge in [0.1, 0.15) is 0 Å². The van der Waals surface area contributed by atoms with E-state index in [-0.39, 0.29) is 0 Å². The second-order valence-electron chi connectivity index (χ2n) is 14.6. The van der Waals surface area contributed by atoms with Gasteiger partial charge >= 0.3 is 0 Å². The molecule has 0 saturated carbocycles. The fourth-order valence-corrected chi connectivity index (χ4v) is 8.92. The lowest BCUT2D eigenvalue weighted by atomic mass is 9.97. The van der Waals surface area contributed by atoms with E-state index in [2.05, 4.69) is 203 Å². The first-order valence-corrected chi connectivity index (χ1v) is 19.1. The first kappa shape index (κ1) is 30.9. The maximum atomic E-state index is 5.37. The second kappa shape index (κ2) is 12.0. The van der Waals surface area contributed by atoms with Crippen molar-refractivity contribution in [1.82, 2.24) is 19.1 Å². The molecule has 0 bridgehead atoms. The molecule has 0 spiro atoms. The summed E-state index contributed by atoms with van der Waals surface area (Å²) < 4.78 is 4.62. The van der Waals surface area contributed by atoms with E-state index in [1.54, 1.807) is 0 Å². The Morgan fingerprint density at radius 2 is 0.929 bits per heavy atom. The lowest BCUT2D eigenvalue weighted by Gasteiger charge is -2.12. The van der Waals surface area contributed by atoms with Gasteiger partial charge in [0, 0.05) is 38.2 Å². The number of rotatable bonds is 4. The Kier molecular flexibility index (Phi) is 6.60. The molecule has 3 aromatic heterocycles. The van der Waals surface area contributed by atoms with Crippen LogP contribution in [-0.4, -0.2) is 19.1 Å². The average Bonchev–Trinajstić information content (AvgIpc) is 3.79. The molecule has 0 unspecified atom stereocenters. The van der Waals surface area contributed by atoms with Gasteiger partial charge in [0.05, 0.1) is 33.3 Å². The molecule has 56 heavy (non-hydrogen) atoms. The van der Waals surface area contributed by atoms with E-state index in [0.717, 1.165) is 38.9 Å². The summed E-state index contributed by atoms with van der Waals surface area (Å²) in [6, 6.07) is 69.7. The van der Waals surface area contributed by atoms with Gasteiger partial charge in [-0.05, 0) is 87.3 Å². The molecule has 3 heterocycles. The molecule has 0 saturated heterocycles. The van der Waals surface area contributed by atoms with Gasteiger partial charge in [0.15, 0.2) is 0 Å². The first-order valence-electron chi connectivity index (χ1n) is 19.1. The molecule has 4 heteroatoms. The van der Waals surface area contributed by atoms with Crippen LogP contribution in [0.5, 0.6) is 0 Å². The minimum absolute atomic E-state index is 0.663. The van der Waals surface area contributed by atoms with Gasteiger partial charge in [0.2, 0.25) is 5.95 Å². The lowest BCUT2D eigenvalue weighted by molar-refractivity contribution is 1.01. The molecule has 0 aliphatic carbocycles. The Bertz CT molecular complexity index is 3540. The molecule has 0 aliphatic heterocycles. The third-order valence-corrected chi connectivity index (χ3v) is 11.5. The molecule has 4 nitrogen and oxygen atoms in total. The molecule has 0 radical (unpaired) electrons. The molecular formula is C52H32N4. The summed E-state index contributed by atoms with van der Waals surface area (Å²) in [6.07, 6.45) is 0. The standard InChI is InChI=1S/C52H32N4/c1-2-14-39(15-3-1)55-46-20-10-7-16-41(46)42-28-25-36(32-49(42)55)35-24-27-40-37(30-35)26-29-48-50(40)44-18-8-11-21-47(44)56(48)52-53-45-19-9-6-17-43(45)51(54-52)38-23-22-33-12-4-5-13-34(33)31-38/h1-32H. The Labute approximate surface area is 322 Å². The van der Waals surface area contributed by atoms with Gasteiger partial charge in [-0.1, -0.05) is 140 Å². The summed E-state index contributed by atoms with van der Waals surface area (Å²) in [7, 11) is 0. The van der Waals surface area contributed by atoms with Crippen molar-refractivity contribution in [2.75, 3.05) is 0 Å². The number of para-hydroxylation sites is 4. The van der Waals surface area contributed by atoms with Crippen LogP contribution in [0.1, 0.15) is 0 Å². The van der Waals surface area contributed by atoms with Crippen LogP contribution in [0, 0.1) is 0 Å². The van der Waals surface area contributed by atoms with Crippen molar-refractivity contribution in [3.63, 3.8) is 0 Å². The van der Waals surface area contributed by atoms with Crippen molar-refractivity contribution < 1.29 is 0 Å². The van der Waals surface area contributed by atoms with Gasteiger partial charge in [0.25, 0.3) is 0 Å². The smallest absolute Gasteiger partial charge is 0.235 e. The Morgan fingerprint density at radius 3 is 1.79 bits per heavy atom. The van der Waals surface area contributed by atoms with Crippen LogP contribution in [0.25, 0.3) is 110 Å². The molecule has 260 valence electrons. The Balaban J connectivity index is 1.05. The fraction of sp³-hybridized carbons (Fsp3) is 0. The monoisotopic (exact) mass is 712 g/mol. The van der Waals surface area contributed by atoms with Crippen LogP contribution < -0.4 is 0 Å². The van der Waals surface area contributed by atoms with Crippen molar-refractivity contribution in [3.8, 4) is 34.0 Å². The molecular weight excluding hydrogens is 681 g/mol. The van der Waals surface area contributed by atoms with Crippen molar-refractivity contribution in [2.24, 2.45) is 0 Å². The summed E-state index contributed by atoms with van der Waals surface area (Å²) >= 11 is 0. The summed E-state index contributed by atoms with van der Waals surface area (Å²) in [5.74, 6) is 0.663. The van der Waals surface area contributed by atoms with Gasteiger partial charge in [-0.2, -0.15) is 0 Å². The maximum Gasteiger partial charge on any atom is 0.235 e. The average molecular weight is 713 g/mol. The van der Waals surface area contributed by atoms with Gasteiger partial charge in [-0.25, -0.2) is 9.97 Å². The topological polar surface area (TPSA) is 35.6 Å². The number of nitrogens with zero attached hydrogens (tertiary/aromatic N) is 4. The lowest BCUT2D eigenvalue weighted by Crippen LogP contribution is -2.03. The van der Waals surface area contributed by atoms with Crippen LogP contribution >= 0.6 is 0 Å². The summed E-state index contributed by atoms with van der Waals surface area (Å²) in [4.78, 5) is 10.6. The van der Waals surface area contributed by atoms with Gasteiger partial charge < -0.3 is 4.57 Å². The van der Waals surface area contributed by atoms with Gasteiger partial charge in [-0.15, -0.1) is 0 Å². The normalized spacial score (nSPS) is 11.9. The van der Waals surface area contributed by atoms with E-state index in [1.807, 2.05) is 0 Å². The molecule has 0 aliphatic rings. The minimum atomic E-state index is 0.663. The van der Waals surface area contributed by atoms with Gasteiger partial charge in [-0.3, -0.25) is 4.57 Å². The zero-order chi connectivity index (χ0) is 36.7. The van der Waals surface area contributed by atoms with Crippen molar-refractivity contribution in [3.05, 3.63) is 194 Å². The van der Waals surface area contributed by atoms with E-state index < -0.39 is 0 Å². The second-order valence-corrected chi connectivity index (χ2v) is 14.6. The molecule has 0 fully saturated rings. The third-order valence-electron chi connectivity index (χ3n) is 11.5. The van der Waals surface area contributed by atoms with Crippen LogP contribution in [0.3, 0.4) is 0 Å². The predicted molar refractivity (Wildman–Crippen MR) is 234 cm³/mol. The number of hydrogen-bond acceptors (Lipinski definition) is 2. The van der Waals surface area contributed by atoms with E-state index in [1.165, 1.54) is 65.3 Å². The van der Waals surface area contributed by atoms with Crippen molar-refractivity contribution in [2.45, 2.75) is 0 Å². The van der Waals surface area contributed by atoms with Crippen molar-refractivity contribution >= 4 is 76.1 Å². The van der Waals surface area contributed by atoms with Crippen LogP contribution in [0.4, 0.5) is 0 Å². The number of aromatic nitrogens is 4. The third kappa shape index (κ3) is 4.60. The molecule has 0 amide bonds. The zero-order valence-corrected chi connectivity index (χ0v) is 30.3. The van der Waals surface area contributed by atoms with Crippen LogP contribution in [0.15, 0.2) is 194 Å². The number of benzene rings is 9. The van der Waals surface area contributed by atoms with Crippen molar-refractivity contribution in [1.29, 1.82) is 0 Å². The van der Waals surface area contributed by atoms with E-state index >= 15 is 0 Å². The quantitative estimate of drug-likeness (QED) is 0.182. The largest absolute Gasteiger partial charge is 0.309 e. The van der Waals surface area contributed by atoms with Crippen LogP contribution in [-0.2, 0) is 0 Å². The molecule has 9 aromatic carbocycles. The Hall–Kier alpha value is -7.56. The number of fused-ring (bicyclic) bond motifs is 10. The highest BCUT2D eigenvalue weighted by molar-refractivity contribution is 6.21. The SMILES string of the molecule is c1ccc(-n2c3ccccc3c3ccc(-c4ccc5c(ccc6c5c5ccccc5n6-c5nc(-c6ccc7ccccc7c6)c6ccccc6n5)c4)cc32)cc1. The fourth-order valence-electron chi connectivity index (χ4n) is 8.92. The highest BCUT2D eigenvalue weighted by atomic mass is 15.2. The summed E-state index contributed by atoms with van der Waals surface area (Å²) in [5, 5.41) is 10.7. The number of hydrogen-bond donors (Lipinski definition) is 0. The predicted octanol–water partition coefficient (Wildman–Crippen LogP) is 13.5. The summed E-state index contributed by atoms with van der Waals surface area (Å²) in [6.45, 7) is 0. The maximum absolute atomic E-state index is 5.37. The molecule has 12 aromatic rings. The minimum Gasteiger partial charge on any atom is -0.309 e. The van der Waals surface area contributed by atoms with Crippen LogP contribution in [0.2, 0.25) is 0 Å². The van der Waals surface area contributed by atoms with E-state index in [4.69, 9.17) is 9.97 Å². The zero-order valence-electron chi connectivity index (χ0n) is 30.3.